The number of aryl methyl sites for hydroxylation is 1. The predicted molar refractivity (Wildman–Crippen MR) is 124 cm³/mol. The number of hydrogen-bond acceptors (Lipinski definition) is 3. The fourth-order valence-corrected chi connectivity index (χ4v) is 4.40. The second-order valence-corrected chi connectivity index (χ2v) is 8.59. The van der Waals surface area contributed by atoms with Gasteiger partial charge in [0.1, 0.15) is 5.82 Å². The van der Waals surface area contributed by atoms with Crippen LogP contribution in [0.3, 0.4) is 0 Å². The van der Waals surface area contributed by atoms with E-state index in [2.05, 4.69) is 12.2 Å². The maximum Gasteiger partial charge on any atom is 0.274 e. The van der Waals surface area contributed by atoms with E-state index < -0.39 is 0 Å². The molecule has 1 atom stereocenters. The molecule has 1 aliphatic rings. The summed E-state index contributed by atoms with van der Waals surface area (Å²) in [5, 5.41) is 8.35. The van der Waals surface area contributed by atoms with Crippen LogP contribution in [-0.2, 0) is 32.5 Å². The van der Waals surface area contributed by atoms with E-state index in [1.54, 1.807) is 4.90 Å². The van der Waals surface area contributed by atoms with E-state index in [1.165, 1.54) is 17.8 Å². The van der Waals surface area contributed by atoms with Crippen LogP contribution in [0.1, 0.15) is 52.6 Å². The highest BCUT2D eigenvalue weighted by atomic mass is 19.1. The average molecular weight is 435 g/mol. The molecule has 0 saturated carbocycles. The quantitative estimate of drug-likeness (QED) is 0.573. The van der Waals surface area contributed by atoms with Crippen molar-refractivity contribution in [3.8, 4) is 0 Å². The Kier molecular flexibility index (Phi) is 7.00. The van der Waals surface area contributed by atoms with Crippen molar-refractivity contribution in [2.75, 3.05) is 7.05 Å². The molecule has 1 heterocycles. The first-order chi connectivity index (χ1) is 15.5. The van der Waals surface area contributed by atoms with Gasteiger partial charge >= 0.3 is 0 Å². The molecular weight excluding hydrogens is 403 g/mol. The number of benzene rings is 2. The average Bonchev–Trinajstić information content (AvgIpc) is 3.17. The van der Waals surface area contributed by atoms with Crippen LogP contribution in [0, 0.1) is 5.82 Å². The smallest absolute Gasteiger partial charge is 0.274 e. The van der Waals surface area contributed by atoms with E-state index in [0.29, 0.717) is 18.8 Å². The van der Waals surface area contributed by atoms with Gasteiger partial charge in [0.05, 0.1) is 0 Å². The van der Waals surface area contributed by atoms with Gasteiger partial charge in [0.25, 0.3) is 5.91 Å². The van der Waals surface area contributed by atoms with Crippen LogP contribution in [0.5, 0.6) is 0 Å². The lowest BCUT2D eigenvalue weighted by atomic mass is 9.91. The number of nitrogens with one attached hydrogen (secondary N) is 1. The second kappa shape index (κ2) is 10.1. The molecule has 0 spiro atoms. The third-order valence-electron chi connectivity index (χ3n) is 6.10. The number of amides is 1. The number of rotatable bonds is 8. The van der Waals surface area contributed by atoms with Gasteiger partial charge in [0.15, 0.2) is 5.69 Å². The van der Waals surface area contributed by atoms with E-state index >= 15 is 0 Å². The molecule has 0 bridgehead atoms. The number of hydrogen-bond donors (Lipinski definition) is 1. The fraction of sp³-hybridized carbons (Fsp3) is 0.385. The first-order valence-electron chi connectivity index (χ1n) is 11.4. The van der Waals surface area contributed by atoms with Crippen LogP contribution in [-0.4, -0.2) is 33.7 Å². The summed E-state index contributed by atoms with van der Waals surface area (Å²) >= 11 is 0. The zero-order chi connectivity index (χ0) is 22.5. The van der Waals surface area contributed by atoms with Crippen molar-refractivity contribution in [2.24, 2.45) is 0 Å². The van der Waals surface area contributed by atoms with E-state index in [9.17, 15) is 9.18 Å². The summed E-state index contributed by atoms with van der Waals surface area (Å²) in [5.41, 5.74) is 5.01. The molecule has 6 heteroatoms. The number of aromatic nitrogens is 2. The fourth-order valence-electron chi connectivity index (χ4n) is 4.40. The Balaban J connectivity index is 1.50. The third-order valence-corrected chi connectivity index (χ3v) is 6.10. The van der Waals surface area contributed by atoms with E-state index in [-0.39, 0.29) is 17.8 Å². The molecule has 4 rings (SSSR count). The van der Waals surface area contributed by atoms with Crippen molar-refractivity contribution >= 4 is 5.91 Å². The molecule has 3 aromatic rings. The van der Waals surface area contributed by atoms with Crippen molar-refractivity contribution in [1.29, 1.82) is 0 Å². The van der Waals surface area contributed by atoms with Gasteiger partial charge in [-0.15, -0.1) is 0 Å². The van der Waals surface area contributed by atoms with Gasteiger partial charge in [0, 0.05) is 44.0 Å². The van der Waals surface area contributed by atoms with Crippen molar-refractivity contribution in [1.82, 2.24) is 20.0 Å². The summed E-state index contributed by atoms with van der Waals surface area (Å²) in [6, 6.07) is 16.9. The standard InChI is InChI=1S/C26H31FN4O/c1-3-15-31-24-14-13-22(28-17-19-9-11-21(27)12-10-19)16-23(24)25(29-31)26(32)30(2)18-20-7-5-4-6-8-20/h4-12,22,28H,3,13-18H2,1-2H3. The van der Waals surface area contributed by atoms with Gasteiger partial charge in [-0.1, -0.05) is 49.4 Å². The Morgan fingerprint density at radius 1 is 1.16 bits per heavy atom. The highest BCUT2D eigenvalue weighted by molar-refractivity contribution is 5.94. The van der Waals surface area contributed by atoms with Crippen LogP contribution in [0.2, 0.25) is 0 Å². The Bertz CT molecular complexity index is 1050. The minimum atomic E-state index is -0.220. The summed E-state index contributed by atoms with van der Waals surface area (Å²) in [6.45, 7) is 4.20. The number of carbonyl (C=O) groups excluding carboxylic acids is 1. The lowest BCUT2D eigenvalue weighted by Gasteiger charge is -2.25. The Morgan fingerprint density at radius 3 is 2.62 bits per heavy atom. The van der Waals surface area contributed by atoms with E-state index in [1.807, 2.05) is 54.2 Å². The molecule has 1 aromatic heterocycles. The molecular formula is C26H31FN4O. The molecule has 1 aliphatic carbocycles. The minimum absolute atomic E-state index is 0.0286. The third kappa shape index (κ3) is 5.07. The van der Waals surface area contributed by atoms with Crippen molar-refractivity contribution in [3.63, 3.8) is 0 Å². The Labute approximate surface area is 189 Å². The number of halogens is 1. The Morgan fingerprint density at radius 2 is 1.91 bits per heavy atom. The molecule has 168 valence electrons. The SMILES string of the molecule is CCCn1nc(C(=O)N(C)Cc2ccccc2)c2c1CCC(NCc1ccc(F)cc1)C2. The lowest BCUT2D eigenvalue weighted by Crippen LogP contribution is -2.35. The van der Waals surface area contributed by atoms with Crippen LogP contribution < -0.4 is 5.32 Å². The summed E-state index contributed by atoms with van der Waals surface area (Å²) < 4.78 is 15.2. The van der Waals surface area contributed by atoms with Crippen LogP contribution in [0.4, 0.5) is 4.39 Å². The van der Waals surface area contributed by atoms with E-state index in [0.717, 1.165) is 48.9 Å². The zero-order valence-corrected chi connectivity index (χ0v) is 18.9. The molecule has 0 fully saturated rings. The van der Waals surface area contributed by atoms with Crippen LogP contribution >= 0.6 is 0 Å². The number of fused-ring (bicyclic) bond motifs is 1. The largest absolute Gasteiger partial charge is 0.336 e. The summed E-state index contributed by atoms with van der Waals surface area (Å²) in [5.74, 6) is -0.249. The van der Waals surface area contributed by atoms with E-state index in [4.69, 9.17) is 5.10 Å². The van der Waals surface area contributed by atoms with Crippen molar-refractivity contribution in [2.45, 2.75) is 58.3 Å². The molecule has 0 saturated heterocycles. The Hall–Kier alpha value is -2.99. The van der Waals surface area contributed by atoms with Gasteiger partial charge in [-0.05, 0) is 48.9 Å². The maximum absolute atomic E-state index is 13.4. The topological polar surface area (TPSA) is 50.2 Å². The lowest BCUT2D eigenvalue weighted by molar-refractivity contribution is 0.0777. The van der Waals surface area contributed by atoms with Gasteiger partial charge in [-0.25, -0.2) is 4.39 Å². The minimum Gasteiger partial charge on any atom is -0.336 e. The molecule has 2 aromatic carbocycles. The van der Waals surface area contributed by atoms with Gasteiger partial charge in [-0.2, -0.15) is 5.10 Å². The first-order valence-corrected chi connectivity index (χ1v) is 11.4. The van der Waals surface area contributed by atoms with Crippen LogP contribution in [0.25, 0.3) is 0 Å². The molecule has 32 heavy (non-hydrogen) atoms. The number of carbonyl (C=O) groups is 1. The zero-order valence-electron chi connectivity index (χ0n) is 18.9. The van der Waals surface area contributed by atoms with Crippen LogP contribution in [0.15, 0.2) is 54.6 Å². The highest BCUT2D eigenvalue weighted by Crippen LogP contribution is 2.26. The first kappa shape index (κ1) is 22.2. The molecule has 1 N–H and O–H groups in total. The summed E-state index contributed by atoms with van der Waals surface area (Å²) in [4.78, 5) is 15.1. The second-order valence-electron chi connectivity index (χ2n) is 8.59. The van der Waals surface area contributed by atoms with Gasteiger partial charge < -0.3 is 10.2 Å². The highest BCUT2D eigenvalue weighted by Gasteiger charge is 2.30. The molecule has 0 radical (unpaired) electrons. The monoisotopic (exact) mass is 434 g/mol. The summed E-state index contributed by atoms with van der Waals surface area (Å²) in [7, 11) is 1.84. The molecule has 1 amide bonds. The maximum atomic E-state index is 13.4. The van der Waals surface area contributed by atoms with Gasteiger partial charge in [-0.3, -0.25) is 9.48 Å². The predicted octanol–water partition coefficient (Wildman–Crippen LogP) is 4.35. The van der Waals surface area contributed by atoms with Crippen molar-refractivity contribution in [3.05, 3.63) is 88.5 Å². The molecule has 5 nitrogen and oxygen atoms in total. The molecule has 1 unspecified atom stereocenters. The molecule has 0 aliphatic heterocycles. The summed E-state index contributed by atoms with van der Waals surface area (Å²) in [6.07, 6.45) is 3.66. The normalized spacial score (nSPS) is 15.4. The van der Waals surface area contributed by atoms with Gasteiger partial charge in [0.2, 0.25) is 0 Å². The van der Waals surface area contributed by atoms with Crippen molar-refractivity contribution < 1.29 is 9.18 Å². The number of nitrogens with zero attached hydrogens (tertiary/aromatic N) is 3.